The van der Waals surface area contributed by atoms with Crippen LogP contribution in [0.5, 0.6) is 0 Å². The van der Waals surface area contributed by atoms with Gasteiger partial charge < -0.3 is 19.9 Å². The van der Waals surface area contributed by atoms with Crippen molar-refractivity contribution in [3.63, 3.8) is 0 Å². The first-order valence-electron chi connectivity index (χ1n) is 8.61. The van der Waals surface area contributed by atoms with Crippen LogP contribution >= 0.6 is 24.0 Å². The van der Waals surface area contributed by atoms with Crippen molar-refractivity contribution in [1.29, 1.82) is 0 Å². The summed E-state index contributed by atoms with van der Waals surface area (Å²) < 4.78 is 10.2. The molecule has 0 spiro atoms. The zero-order valence-electron chi connectivity index (χ0n) is 14.7. The van der Waals surface area contributed by atoms with Crippen LogP contribution in [-0.2, 0) is 11.2 Å². The first-order chi connectivity index (χ1) is 11.3. The van der Waals surface area contributed by atoms with Crippen molar-refractivity contribution in [3.8, 4) is 0 Å². The van der Waals surface area contributed by atoms with Gasteiger partial charge in [0.25, 0.3) is 0 Å². The molecule has 24 heavy (non-hydrogen) atoms. The molecule has 8 heteroatoms. The van der Waals surface area contributed by atoms with Crippen molar-refractivity contribution < 1.29 is 9.26 Å². The smallest absolute Gasteiger partial charge is 0.226 e. The van der Waals surface area contributed by atoms with E-state index in [2.05, 4.69) is 25.8 Å². The SMILES string of the molecule is COCCCNC(=NCCCc1nc(C)no1)NC1CCCC1.I. The number of guanidine groups is 1. The highest BCUT2D eigenvalue weighted by Crippen LogP contribution is 2.17. The van der Waals surface area contributed by atoms with Gasteiger partial charge in [-0.2, -0.15) is 4.98 Å². The number of aliphatic imine (C=N–C) groups is 1. The number of halogens is 1. The normalized spacial score (nSPS) is 15.3. The highest BCUT2D eigenvalue weighted by molar-refractivity contribution is 14.0. The van der Waals surface area contributed by atoms with E-state index >= 15 is 0 Å². The Morgan fingerprint density at radius 2 is 2.12 bits per heavy atom. The molecule has 0 amide bonds. The minimum Gasteiger partial charge on any atom is -0.385 e. The van der Waals surface area contributed by atoms with Crippen molar-refractivity contribution in [2.45, 2.75) is 57.9 Å². The number of aryl methyl sites for hydroxylation is 2. The summed E-state index contributed by atoms with van der Waals surface area (Å²) in [4.78, 5) is 8.88. The Hall–Kier alpha value is -0.900. The molecule has 0 saturated heterocycles. The summed E-state index contributed by atoms with van der Waals surface area (Å²) in [6.07, 6.45) is 7.74. The molecule has 0 bridgehead atoms. The first kappa shape index (κ1) is 21.1. The molecule has 2 N–H and O–H groups in total. The maximum Gasteiger partial charge on any atom is 0.226 e. The van der Waals surface area contributed by atoms with Crippen LogP contribution in [0.15, 0.2) is 9.52 Å². The Kier molecular flexibility index (Phi) is 11.0. The number of rotatable bonds is 9. The van der Waals surface area contributed by atoms with Gasteiger partial charge in [-0.15, -0.1) is 24.0 Å². The van der Waals surface area contributed by atoms with E-state index in [4.69, 9.17) is 9.26 Å². The monoisotopic (exact) mass is 451 g/mol. The summed E-state index contributed by atoms with van der Waals surface area (Å²) in [5, 5.41) is 10.7. The summed E-state index contributed by atoms with van der Waals surface area (Å²) in [5.41, 5.74) is 0. The van der Waals surface area contributed by atoms with Gasteiger partial charge in [-0.1, -0.05) is 18.0 Å². The van der Waals surface area contributed by atoms with Crippen LogP contribution in [0, 0.1) is 6.92 Å². The van der Waals surface area contributed by atoms with Crippen LogP contribution in [0.3, 0.4) is 0 Å². The second kappa shape index (κ2) is 12.5. The van der Waals surface area contributed by atoms with E-state index in [1.807, 2.05) is 6.92 Å². The first-order valence-corrected chi connectivity index (χ1v) is 8.61. The third-order valence-corrected chi connectivity index (χ3v) is 3.90. The molecule has 138 valence electrons. The van der Waals surface area contributed by atoms with Gasteiger partial charge in [0.2, 0.25) is 5.89 Å². The van der Waals surface area contributed by atoms with Gasteiger partial charge in [0, 0.05) is 39.3 Å². The fraction of sp³-hybridized carbons (Fsp3) is 0.812. The average molecular weight is 451 g/mol. The Labute approximate surface area is 161 Å². The highest BCUT2D eigenvalue weighted by atomic mass is 127. The number of hydrogen-bond acceptors (Lipinski definition) is 5. The van der Waals surface area contributed by atoms with E-state index in [1.165, 1.54) is 25.7 Å². The molecule has 1 aromatic heterocycles. The molecule has 0 aliphatic heterocycles. The van der Waals surface area contributed by atoms with E-state index in [0.717, 1.165) is 44.9 Å². The Bertz CT molecular complexity index is 475. The fourth-order valence-corrected chi connectivity index (χ4v) is 2.70. The second-order valence-corrected chi connectivity index (χ2v) is 5.97. The van der Waals surface area contributed by atoms with Crippen molar-refractivity contribution in [2.75, 3.05) is 26.8 Å². The van der Waals surface area contributed by atoms with Gasteiger partial charge >= 0.3 is 0 Å². The van der Waals surface area contributed by atoms with Gasteiger partial charge in [0.15, 0.2) is 11.8 Å². The van der Waals surface area contributed by atoms with Crippen molar-refractivity contribution in [1.82, 2.24) is 20.8 Å². The summed E-state index contributed by atoms with van der Waals surface area (Å²) in [7, 11) is 1.73. The average Bonchev–Trinajstić information content (AvgIpc) is 3.19. The van der Waals surface area contributed by atoms with Gasteiger partial charge in [-0.25, -0.2) is 0 Å². The van der Waals surface area contributed by atoms with Crippen LogP contribution in [0.1, 0.15) is 50.2 Å². The van der Waals surface area contributed by atoms with E-state index in [1.54, 1.807) is 7.11 Å². The standard InChI is InChI=1S/C16H29N5O2.HI/c1-13-19-15(23-21-13)9-5-10-17-16(18-11-6-12-22-2)20-14-7-3-4-8-14;/h14H,3-12H2,1-2H3,(H2,17,18,20);1H. The molecule has 1 aliphatic rings. The summed E-state index contributed by atoms with van der Waals surface area (Å²) in [5.74, 6) is 2.29. The summed E-state index contributed by atoms with van der Waals surface area (Å²) in [6, 6.07) is 0.558. The lowest BCUT2D eigenvalue weighted by Crippen LogP contribution is -2.43. The third-order valence-electron chi connectivity index (χ3n) is 3.90. The molecule has 0 atom stereocenters. The van der Waals surface area contributed by atoms with E-state index in [-0.39, 0.29) is 24.0 Å². The maximum absolute atomic E-state index is 5.12. The minimum atomic E-state index is 0. The van der Waals surface area contributed by atoms with Gasteiger partial charge in [0.05, 0.1) is 0 Å². The third kappa shape index (κ3) is 8.27. The molecule has 1 fully saturated rings. The van der Waals surface area contributed by atoms with Gasteiger partial charge in [-0.3, -0.25) is 4.99 Å². The lowest BCUT2D eigenvalue weighted by molar-refractivity contribution is 0.195. The molecule has 1 heterocycles. The lowest BCUT2D eigenvalue weighted by Gasteiger charge is -2.17. The summed E-state index contributed by atoms with van der Waals surface area (Å²) >= 11 is 0. The molecule has 2 rings (SSSR count). The van der Waals surface area contributed by atoms with Crippen LogP contribution in [0.25, 0.3) is 0 Å². The quantitative estimate of drug-likeness (QED) is 0.260. The fourth-order valence-electron chi connectivity index (χ4n) is 2.70. The van der Waals surface area contributed by atoms with E-state index in [0.29, 0.717) is 17.8 Å². The number of hydrogen-bond donors (Lipinski definition) is 2. The van der Waals surface area contributed by atoms with Crippen LogP contribution in [0.2, 0.25) is 0 Å². The molecular formula is C16H30IN5O2. The second-order valence-electron chi connectivity index (χ2n) is 5.97. The molecule has 1 aromatic rings. The zero-order chi connectivity index (χ0) is 16.3. The van der Waals surface area contributed by atoms with E-state index in [9.17, 15) is 0 Å². The largest absolute Gasteiger partial charge is 0.385 e. The Morgan fingerprint density at radius 1 is 1.33 bits per heavy atom. The maximum atomic E-state index is 5.12. The lowest BCUT2D eigenvalue weighted by atomic mass is 10.2. The van der Waals surface area contributed by atoms with E-state index < -0.39 is 0 Å². The molecule has 0 aromatic carbocycles. The van der Waals surface area contributed by atoms with Crippen LogP contribution in [0.4, 0.5) is 0 Å². The molecule has 7 nitrogen and oxygen atoms in total. The Morgan fingerprint density at radius 3 is 2.79 bits per heavy atom. The van der Waals surface area contributed by atoms with Crippen LogP contribution < -0.4 is 10.6 Å². The molecule has 1 saturated carbocycles. The van der Waals surface area contributed by atoms with Crippen molar-refractivity contribution in [2.24, 2.45) is 4.99 Å². The number of nitrogens with zero attached hydrogens (tertiary/aromatic N) is 3. The Balaban J connectivity index is 0.00000288. The molecule has 0 unspecified atom stereocenters. The number of nitrogens with one attached hydrogen (secondary N) is 2. The van der Waals surface area contributed by atoms with Gasteiger partial charge in [-0.05, 0) is 32.6 Å². The predicted molar refractivity (Wildman–Crippen MR) is 105 cm³/mol. The number of aromatic nitrogens is 2. The summed E-state index contributed by atoms with van der Waals surface area (Å²) in [6.45, 7) is 4.21. The number of ether oxygens (including phenoxy) is 1. The van der Waals surface area contributed by atoms with Gasteiger partial charge in [0.1, 0.15) is 0 Å². The topological polar surface area (TPSA) is 84.6 Å². The van der Waals surface area contributed by atoms with Crippen molar-refractivity contribution in [3.05, 3.63) is 11.7 Å². The van der Waals surface area contributed by atoms with Crippen LogP contribution in [-0.4, -0.2) is 48.9 Å². The predicted octanol–water partition coefficient (Wildman–Crippen LogP) is 2.44. The molecular weight excluding hydrogens is 421 g/mol. The number of methoxy groups -OCH3 is 1. The minimum absolute atomic E-state index is 0. The molecule has 1 aliphatic carbocycles. The molecule has 0 radical (unpaired) electrons. The zero-order valence-corrected chi connectivity index (χ0v) is 17.0. The highest BCUT2D eigenvalue weighted by Gasteiger charge is 2.15. The van der Waals surface area contributed by atoms with Crippen molar-refractivity contribution >= 4 is 29.9 Å².